The lowest BCUT2D eigenvalue weighted by atomic mass is 10.1. The number of nitrogens with zero attached hydrogens (tertiary/aromatic N) is 1. The monoisotopic (exact) mass is 350 g/mol. The smallest absolute Gasteiger partial charge is 0.178 e. The summed E-state index contributed by atoms with van der Waals surface area (Å²) < 4.78 is 17.0. The van der Waals surface area contributed by atoms with Crippen LogP contribution in [0.1, 0.15) is 18.5 Å². The van der Waals surface area contributed by atoms with E-state index in [-0.39, 0.29) is 11.9 Å². The van der Waals surface area contributed by atoms with Gasteiger partial charge in [0.05, 0.1) is 17.1 Å². The summed E-state index contributed by atoms with van der Waals surface area (Å²) in [7, 11) is 0. The van der Waals surface area contributed by atoms with Crippen LogP contribution in [0.4, 0.5) is 4.39 Å². The second-order valence-corrected chi connectivity index (χ2v) is 5.99. The van der Waals surface area contributed by atoms with Crippen molar-refractivity contribution < 1.29 is 4.39 Å². The zero-order valence-electron chi connectivity index (χ0n) is 10.7. The van der Waals surface area contributed by atoms with Crippen LogP contribution < -0.4 is 0 Å². The number of hydrogen-bond donors (Lipinski definition) is 1. The summed E-state index contributed by atoms with van der Waals surface area (Å²) in [5.41, 5.74) is 2.87. The van der Waals surface area contributed by atoms with Crippen LogP contribution in [0.5, 0.6) is 0 Å². The Morgan fingerprint density at radius 3 is 2.80 bits per heavy atom. The maximum Gasteiger partial charge on any atom is 0.178 e. The maximum absolute atomic E-state index is 13.4. The molecule has 0 fully saturated rings. The molecule has 1 heterocycles. The molecule has 20 heavy (non-hydrogen) atoms. The summed E-state index contributed by atoms with van der Waals surface area (Å²) in [6.07, 6.45) is 0. The van der Waals surface area contributed by atoms with Crippen molar-refractivity contribution in [3.8, 4) is 0 Å². The van der Waals surface area contributed by atoms with Gasteiger partial charge in [-0.3, -0.25) is 0 Å². The first-order valence-corrected chi connectivity index (χ1v) is 7.41. The van der Waals surface area contributed by atoms with Gasteiger partial charge in [0.2, 0.25) is 0 Å². The van der Waals surface area contributed by atoms with E-state index < -0.39 is 0 Å². The number of aromatic nitrogens is 2. The van der Waals surface area contributed by atoms with Crippen molar-refractivity contribution in [2.75, 3.05) is 0 Å². The molecule has 1 aromatic heterocycles. The lowest BCUT2D eigenvalue weighted by Crippen LogP contribution is -2.07. The van der Waals surface area contributed by atoms with Crippen LogP contribution in [0.25, 0.3) is 11.0 Å². The molecule has 1 N–H and O–H groups in total. The van der Waals surface area contributed by atoms with Crippen LogP contribution in [-0.4, -0.2) is 9.55 Å². The molecule has 3 aromatic rings. The normalized spacial score (nSPS) is 12.8. The first-order valence-electron chi connectivity index (χ1n) is 6.21. The topological polar surface area (TPSA) is 20.7 Å². The Balaban J connectivity index is 2.19. The van der Waals surface area contributed by atoms with Crippen molar-refractivity contribution in [3.05, 3.63) is 63.1 Å². The van der Waals surface area contributed by atoms with Gasteiger partial charge in [0, 0.05) is 4.47 Å². The summed E-state index contributed by atoms with van der Waals surface area (Å²) >= 11 is 8.85. The molecule has 5 heteroatoms. The Morgan fingerprint density at radius 1 is 1.25 bits per heavy atom. The summed E-state index contributed by atoms with van der Waals surface area (Å²) in [6.45, 7) is 2.01. The van der Waals surface area contributed by atoms with Crippen LogP contribution in [0.3, 0.4) is 0 Å². The number of aromatic amines is 1. The number of H-pyrrole nitrogens is 1. The molecule has 0 bridgehead atoms. The van der Waals surface area contributed by atoms with Crippen LogP contribution in [0, 0.1) is 10.6 Å². The van der Waals surface area contributed by atoms with Gasteiger partial charge in [-0.25, -0.2) is 4.39 Å². The highest BCUT2D eigenvalue weighted by Gasteiger charge is 2.13. The van der Waals surface area contributed by atoms with Crippen molar-refractivity contribution in [2.24, 2.45) is 0 Å². The average Bonchev–Trinajstić information content (AvgIpc) is 2.73. The summed E-state index contributed by atoms with van der Waals surface area (Å²) in [6, 6.07) is 12.5. The number of imidazole rings is 1. The molecule has 102 valence electrons. The second-order valence-electron chi connectivity index (χ2n) is 4.69. The van der Waals surface area contributed by atoms with Crippen molar-refractivity contribution in [1.29, 1.82) is 0 Å². The third kappa shape index (κ3) is 2.31. The Morgan fingerprint density at radius 2 is 2.05 bits per heavy atom. The second kappa shape index (κ2) is 5.14. The molecule has 0 radical (unpaired) electrons. The van der Waals surface area contributed by atoms with Gasteiger partial charge < -0.3 is 9.55 Å². The number of fused-ring (bicyclic) bond motifs is 1. The number of hydrogen-bond acceptors (Lipinski definition) is 1. The van der Waals surface area contributed by atoms with Crippen LogP contribution in [0.15, 0.2) is 46.9 Å². The van der Waals surface area contributed by atoms with Gasteiger partial charge in [-0.15, -0.1) is 0 Å². The van der Waals surface area contributed by atoms with E-state index in [1.165, 1.54) is 6.07 Å². The molecule has 0 amide bonds. The Bertz CT molecular complexity index is 837. The minimum absolute atomic E-state index is 0.0341. The minimum atomic E-state index is -0.233. The SMILES string of the molecule is CC(c1cccc(F)c1)n1c(=S)[nH]c2cc(Br)ccc21. The van der Waals surface area contributed by atoms with Gasteiger partial charge in [0.25, 0.3) is 0 Å². The van der Waals surface area contributed by atoms with Gasteiger partial charge in [-0.05, 0) is 55.0 Å². The molecule has 0 aliphatic rings. The zero-order valence-corrected chi connectivity index (χ0v) is 13.1. The molecule has 2 nitrogen and oxygen atoms in total. The van der Waals surface area contributed by atoms with Crippen molar-refractivity contribution in [3.63, 3.8) is 0 Å². The van der Waals surface area contributed by atoms with E-state index in [2.05, 4.69) is 20.9 Å². The lowest BCUT2D eigenvalue weighted by molar-refractivity contribution is 0.608. The van der Waals surface area contributed by atoms with E-state index in [0.717, 1.165) is 21.1 Å². The van der Waals surface area contributed by atoms with Crippen LogP contribution in [0.2, 0.25) is 0 Å². The van der Waals surface area contributed by atoms with E-state index in [1.807, 2.05) is 35.8 Å². The number of benzene rings is 2. The first-order chi connectivity index (χ1) is 9.56. The summed E-state index contributed by atoms with van der Waals surface area (Å²) in [4.78, 5) is 3.19. The predicted octanol–water partition coefficient (Wildman–Crippen LogP) is 5.21. The fraction of sp³-hybridized carbons (Fsp3) is 0.133. The molecular weight excluding hydrogens is 339 g/mol. The fourth-order valence-corrected chi connectivity index (χ4v) is 3.13. The van der Waals surface area contributed by atoms with Gasteiger partial charge in [0.15, 0.2) is 4.77 Å². The van der Waals surface area contributed by atoms with E-state index in [9.17, 15) is 4.39 Å². The van der Waals surface area contributed by atoms with Crippen molar-refractivity contribution in [2.45, 2.75) is 13.0 Å². The van der Waals surface area contributed by atoms with Crippen molar-refractivity contribution in [1.82, 2.24) is 9.55 Å². The number of halogens is 2. The first kappa shape index (κ1) is 13.5. The van der Waals surface area contributed by atoms with E-state index >= 15 is 0 Å². The number of rotatable bonds is 2. The third-order valence-electron chi connectivity index (χ3n) is 3.40. The highest BCUT2D eigenvalue weighted by Crippen LogP contribution is 2.26. The molecular formula is C15H12BrFN2S. The van der Waals surface area contributed by atoms with Crippen LogP contribution >= 0.6 is 28.1 Å². The van der Waals surface area contributed by atoms with Crippen molar-refractivity contribution >= 4 is 39.2 Å². The summed E-state index contributed by atoms with van der Waals surface area (Å²) in [5, 5.41) is 0. The van der Waals surface area contributed by atoms with Gasteiger partial charge >= 0.3 is 0 Å². The zero-order chi connectivity index (χ0) is 14.3. The van der Waals surface area contributed by atoms with Gasteiger partial charge in [-0.2, -0.15) is 0 Å². The molecule has 0 aliphatic carbocycles. The molecule has 0 saturated carbocycles. The molecule has 0 aliphatic heterocycles. The Labute approximate surface area is 129 Å². The minimum Gasteiger partial charge on any atom is -0.331 e. The van der Waals surface area contributed by atoms with E-state index in [4.69, 9.17) is 12.2 Å². The highest BCUT2D eigenvalue weighted by molar-refractivity contribution is 9.10. The standard InChI is InChI=1S/C15H12BrFN2S/c1-9(10-3-2-4-12(17)7-10)19-14-6-5-11(16)8-13(14)18-15(19)20/h2-9H,1H3,(H,18,20). The van der Waals surface area contributed by atoms with Gasteiger partial charge in [0.1, 0.15) is 5.82 Å². The molecule has 3 rings (SSSR count). The largest absolute Gasteiger partial charge is 0.331 e. The van der Waals surface area contributed by atoms with Crippen LogP contribution in [-0.2, 0) is 0 Å². The predicted molar refractivity (Wildman–Crippen MR) is 85.0 cm³/mol. The molecule has 1 atom stereocenters. The third-order valence-corrected chi connectivity index (χ3v) is 4.19. The average molecular weight is 351 g/mol. The molecule has 0 spiro atoms. The quantitative estimate of drug-likeness (QED) is 0.629. The Kier molecular flexibility index (Phi) is 3.48. The van der Waals surface area contributed by atoms with E-state index in [1.54, 1.807) is 12.1 Å². The molecule has 1 unspecified atom stereocenters. The molecule has 2 aromatic carbocycles. The van der Waals surface area contributed by atoms with Gasteiger partial charge in [-0.1, -0.05) is 28.1 Å². The fourth-order valence-electron chi connectivity index (χ4n) is 2.40. The maximum atomic E-state index is 13.4. The lowest BCUT2D eigenvalue weighted by Gasteiger charge is -2.15. The molecule has 0 saturated heterocycles. The van der Waals surface area contributed by atoms with E-state index in [0.29, 0.717) is 4.77 Å². The highest BCUT2D eigenvalue weighted by atomic mass is 79.9. The Hall–Kier alpha value is -1.46. The summed E-state index contributed by atoms with van der Waals surface area (Å²) in [5.74, 6) is -0.233. The number of nitrogens with one attached hydrogen (secondary N) is 1.